The molecule has 2 heterocycles. The van der Waals surface area contributed by atoms with Gasteiger partial charge in [-0.3, -0.25) is 0 Å². The molecule has 0 radical (unpaired) electrons. The van der Waals surface area contributed by atoms with Crippen LogP contribution in [0.15, 0.2) is 36.4 Å². The molecule has 0 saturated heterocycles. The number of hydrogen-bond acceptors (Lipinski definition) is 6. The number of hydrogen-bond donors (Lipinski definition) is 2. The summed E-state index contributed by atoms with van der Waals surface area (Å²) in [5.74, 6) is -0.521. The molecule has 0 saturated carbocycles. The number of imidazole rings is 1. The molecule has 1 atom stereocenters. The van der Waals surface area contributed by atoms with Crippen LogP contribution in [0.1, 0.15) is 28.3 Å². The van der Waals surface area contributed by atoms with Crippen LogP contribution in [-0.4, -0.2) is 28.2 Å². The Morgan fingerprint density at radius 1 is 1.29 bits per heavy atom. The monoisotopic (exact) mass is 480 g/mol. The zero-order valence-corrected chi connectivity index (χ0v) is 18.5. The van der Waals surface area contributed by atoms with Crippen molar-refractivity contribution in [3.63, 3.8) is 0 Å². The summed E-state index contributed by atoms with van der Waals surface area (Å²) in [5.41, 5.74) is 1.50. The molecule has 0 spiro atoms. The Labute approximate surface area is 190 Å². The van der Waals surface area contributed by atoms with E-state index >= 15 is 0 Å². The number of phenols is 1. The highest BCUT2D eigenvalue weighted by Gasteiger charge is 2.24. The van der Waals surface area contributed by atoms with Gasteiger partial charge in [-0.15, -0.1) is 11.3 Å². The molecule has 0 unspecified atom stereocenters. The number of fused-ring (bicyclic) bond motifs is 1. The zero-order valence-electron chi connectivity index (χ0n) is 16.2. The van der Waals surface area contributed by atoms with Crippen molar-refractivity contribution in [3.05, 3.63) is 62.7 Å². The SMILES string of the molecule is COC(=O)c1sc(-c2nc3cc(Cl)c(F)cc3[nH]2)cc1O[C@H](C)c1cccc(O)c1Cl. The molecule has 2 aromatic heterocycles. The first-order valence-electron chi connectivity index (χ1n) is 8.99. The van der Waals surface area contributed by atoms with Crippen LogP contribution in [-0.2, 0) is 4.74 Å². The van der Waals surface area contributed by atoms with Crippen molar-refractivity contribution in [1.82, 2.24) is 9.97 Å². The molecule has 6 nitrogen and oxygen atoms in total. The summed E-state index contributed by atoms with van der Waals surface area (Å²) in [7, 11) is 1.27. The van der Waals surface area contributed by atoms with Crippen molar-refractivity contribution in [1.29, 1.82) is 0 Å². The van der Waals surface area contributed by atoms with Crippen LogP contribution < -0.4 is 4.74 Å². The number of nitrogens with one attached hydrogen (secondary N) is 1. The standard InChI is InChI=1S/C21H15Cl2FN2O4S/c1-9(10-4-3-5-15(27)18(10)23)30-16-8-17(31-19(16)21(28)29-2)20-25-13-6-11(22)12(24)7-14(13)26-20/h3-9,27H,1-2H3,(H,25,26)/t9-/m1/s1. The first-order chi connectivity index (χ1) is 14.8. The maximum Gasteiger partial charge on any atom is 0.351 e. The van der Waals surface area contributed by atoms with Gasteiger partial charge in [0, 0.05) is 17.7 Å². The minimum atomic E-state index is -0.578. The van der Waals surface area contributed by atoms with Crippen LogP contribution in [0.2, 0.25) is 10.0 Å². The number of aromatic amines is 1. The predicted molar refractivity (Wildman–Crippen MR) is 118 cm³/mol. The Hall–Kier alpha value is -2.81. The quantitative estimate of drug-likeness (QED) is 0.324. The molecule has 0 amide bonds. The van der Waals surface area contributed by atoms with E-state index in [1.54, 1.807) is 25.1 Å². The Bertz CT molecular complexity index is 1270. The van der Waals surface area contributed by atoms with E-state index < -0.39 is 17.9 Å². The van der Waals surface area contributed by atoms with Gasteiger partial charge in [0.25, 0.3) is 0 Å². The van der Waals surface area contributed by atoms with Crippen LogP contribution in [0.3, 0.4) is 0 Å². The van der Waals surface area contributed by atoms with E-state index in [1.807, 2.05) is 0 Å². The van der Waals surface area contributed by atoms with E-state index in [0.29, 0.717) is 27.3 Å². The summed E-state index contributed by atoms with van der Waals surface area (Å²) in [4.78, 5) is 20.6. The lowest BCUT2D eigenvalue weighted by Crippen LogP contribution is -2.07. The Balaban J connectivity index is 1.73. The number of H-pyrrole nitrogens is 1. The number of nitrogens with zero attached hydrogens (tertiary/aromatic N) is 1. The number of halogens is 3. The van der Waals surface area contributed by atoms with Crippen molar-refractivity contribution in [2.24, 2.45) is 0 Å². The molecule has 160 valence electrons. The van der Waals surface area contributed by atoms with Gasteiger partial charge >= 0.3 is 5.97 Å². The minimum Gasteiger partial charge on any atom is -0.506 e. The molecule has 0 aliphatic carbocycles. The molecule has 0 bridgehead atoms. The fourth-order valence-corrected chi connectivity index (χ4v) is 4.43. The minimum absolute atomic E-state index is 0.0344. The van der Waals surface area contributed by atoms with Crippen LogP contribution in [0.5, 0.6) is 11.5 Å². The smallest absolute Gasteiger partial charge is 0.351 e. The molecule has 4 aromatic rings. The molecular formula is C21H15Cl2FN2O4S. The molecule has 4 rings (SSSR count). The van der Waals surface area contributed by atoms with Gasteiger partial charge in [-0.05, 0) is 19.1 Å². The number of rotatable bonds is 5. The molecule has 2 N–H and O–H groups in total. The summed E-state index contributed by atoms with van der Waals surface area (Å²) in [6.07, 6.45) is -0.575. The normalized spacial score (nSPS) is 12.2. The third kappa shape index (κ3) is 4.06. The molecule has 10 heteroatoms. The highest BCUT2D eigenvalue weighted by molar-refractivity contribution is 7.17. The first kappa shape index (κ1) is 21.4. The Kier molecular flexibility index (Phi) is 5.79. The van der Waals surface area contributed by atoms with Crippen molar-refractivity contribution in [2.75, 3.05) is 7.11 Å². The topological polar surface area (TPSA) is 84.4 Å². The van der Waals surface area contributed by atoms with Gasteiger partial charge < -0.3 is 19.6 Å². The zero-order chi connectivity index (χ0) is 22.3. The maximum atomic E-state index is 13.8. The lowest BCUT2D eigenvalue weighted by Gasteiger charge is -2.16. The van der Waals surface area contributed by atoms with Gasteiger partial charge in [-0.1, -0.05) is 35.3 Å². The molecular weight excluding hydrogens is 466 g/mol. The van der Waals surface area contributed by atoms with Gasteiger partial charge in [0.05, 0.1) is 33.1 Å². The summed E-state index contributed by atoms with van der Waals surface area (Å²) < 4.78 is 24.6. The number of ether oxygens (including phenoxy) is 2. The van der Waals surface area contributed by atoms with Crippen molar-refractivity contribution < 1.29 is 23.8 Å². The second-order valence-electron chi connectivity index (χ2n) is 6.60. The van der Waals surface area contributed by atoms with Crippen LogP contribution in [0, 0.1) is 5.82 Å². The number of esters is 1. The number of methoxy groups -OCH3 is 1. The molecule has 0 aliphatic rings. The largest absolute Gasteiger partial charge is 0.506 e. The molecule has 31 heavy (non-hydrogen) atoms. The van der Waals surface area contributed by atoms with Gasteiger partial charge in [0.2, 0.25) is 0 Å². The number of benzene rings is 2. The van der Waals surface area contributed by atoms with E-state index in [1.165, 1.54) is 25.3 Å². The van der Waals surface area contributed by atoms with Gasteiger partial charge in [0.1, 0.15) is 29.2 Å². The third-order valence-electron chi connectivity index (χ3n) is 4.58. The van der Waals surface area contributed by atoms with E-state index in [2.05, 4.69) is 9.97 Å². The fraction of sp³-hybridized carbons (Fsp3) is 0.143. The average Bonchev–Trinajstić information content (AvgIpc) is 3.33. The third-order valence-corrected chi connectivity index (χ3v) is 6.38. The van der Waals surface area contributed by atoms with Crippen molar-refractivity contribution in [2.45, 2.75) is 13.0 Å². The summed E-state index contributed by atoms with van der Waals surface area (Å²) in [6.45, 7) is 1.74. The van der Waals surface area contributed by atoms with Crippen LogP contribution in [0.25, 0.3) is 21.7 Å². The second-order valence-corrected chi connectivity index (χ2v) is 8.44. The Morgan fingerprint density at radius 3 is 2.81 bits per heavy atom. The van der Waals surface area contributed by atoms with E-state index in [4.69, 9.17) is 32.7 Å². The summed E-state index contributed by atoms with van der Waals surface area (Å²) >= 11 is 13.1. The van der Waals surface area contributed by atoms with Gasteiger partial charge in [0.15, 0.2) is 4.88 Å². The number of carbonyl (C=O) groups is 1. The van der Waals surface area contributed by atoms with Gasteiger partial charge in [-0.2, -0.15) is 0 Å². The summed E-state index contributed by atoms with van der Waals surface area (Å²) in [5, 5.41) is 9.98. The molecule has 2 aromatic carbocycles. The average molecular weight is 481 g/mol. The van der Waals surface area contributed by atoms with E-state index in [-0.39, 0.29) is 26.4 Å². The molecule has 0 aliphatic heterocycles. The maximum absolute atomic E-state index is 13.8. The Morgan fingerprint density at radius 2 is 2.06 bits per heavy atom. The van der Waals surface area contributed by atoms with Crippen molar-refractivity contribution in [3.8, 4) is 22.2 Å². The van der Waals surface area contributed by atoms with Gasteiger partial charge in [-0.25, -0.2) is 14.2 Å². The second kappa shape index (κ2) is 8.37. The lowest BCUT2D eigenvalue weighted by atomic mass is 10.1. The highest BCUT2D eigenvalue weighted by Crippen LogP contribution is 2.40. The number of aromatic nitrogens is 2. The molecule has 0 fully saturated rings. The number of carbonyl (C=O) groups excluding carboxylic acids is 1. The van der Waals surface area contributed by atoms with Crippen LogP contribution in [0.4, 0.5) is 4.39 Å². The lowest BCUT2D eigenvalue weighted by molar-refractivity contribution is 0.0600. The predicted octanol–water partition coefficient (Wildman–Crippen LogP) is 6.37. The van der Waals surface area contributed by atoms with Crippen LogP contribution >= 0.6 is 34.5 Å². The summed E-state index contributed by atoms with van der Waals surface area (Å²) in [6, 6.07) is 9.15. The first-order valence-corrected chi connectivity index (χ1v) is 10.6. The highest BCUT2D eigenvalue weighted by atomic mass is 35.5. The number of thiophene rings is 1. The van der Waals surface area contributed by atoms with Crippen molar-refractivity contribution >= 4 is 51.5 Å². The van der Waals surface area contributed by atoms with E-state index in [9.17, 15) is 14.3 Å². The fourth-order valence-electron chi connectivity index (χ4n) is 3.04. The van der Waals surface area contributed by atoms with E-state index in [0.717, 1.165) is 11.3 Å². The number of phenolic OH excluding ortho intramolecular Hbond substituents is 1. The number of aromatic hydroxyl groups is 1.